The quantitative estimate of drug-likeness (QED) is 0.739. The van der Waals surface area contributed by atoms with E-state index < -0.39 is 12.6 Å². The van der Waals surface area contributed by atoms with Crippen molar-refractivity contribution in [2.75, 3.05) is 0 Å². The molecule has 13 heavy (non-hydrogen) atoms. The molecule has 0 amide bonds. The minimum absolute atomic E-state index is 0.0987. The van der Waals surface area contributed by atoms with Crippen LogP contribution in [0.2, 0.25) is 0 Å². The second-order valence-electron chi connectivity index (χ2n) is 2.59. The summed E-state index contributed by atoms with van der Waals surface area (Å²) in [5, 5.41) is 6.86. The van der Waals surface area contributed by atoms with Gasteiger partial charge in [-0.2, -0.15) is 13.2 Å². The number of hydrogen-bond donors (Lipinski definition) is 0. The summed E-state index contributed by atoms with van der Waals surface area (Å²) in [5.41, 5.74) is 0.881. The molecule has 0 aliphatic rings. The standard InChI is InChI=1S/C7H8F3N2O/c1-5-6(12-13-11-5)3-2-4-7(8,9)10/h3H,2,4H2,1H3. The van der Waals surface area contributed by atoms with Crippen molar-refractivity contribution in [1.82, 2.24) is 10.3 Å². The summed E-state index contributed by atoms with van der Waals surface area (Å²) >= 11 is 0. The molecule has 0 saturated carbocycles. The van der Waals surface area contributed by atoms with Crippen molar-refractivity contribution < 1.29 is 17.8 Å². The lowest BCUT2D eigenvalue weighted by Gasteiger charge is -2.03. The van der Waals surface area contributed by atoms with Crippen LogP contribution in [0.4, 0.5) is 13.2 Å². The first-order valence-electron chi connectivity index (χ1n) is 3.68. The maximum absolute atomic E-state index is 11.7. The Bertz CT molecular complexity index is 269. The van der Waals surface area contributed by atoms with Gasteiger partial charge in [-0.25, -0.2) is 4.63 Å². The number of halogens is 3. The highest BCUT2D eigenvalue weighted by Crippen LogP contribution is 2.23. The van der Waals surface area contributed by atoms with Gasteiger partial charge in [0, 0.05) is 12.8 Å². The highest BCUT2D eigenvalue weighted by molar-refractivity contribution is 5.14. The highest BCUT2D eigenvalue weighted by atomic mass is 19.4. The van der Waals surface area contributed by atoms with E-state index in [0.29, 0.717) is 11.4 Å². The van der Waals surface area contributed by atoms with E-state index in [-0.39, 0.29) is 6.42 Å². The number of aryl methyl sites for hydroxylation is 1. The molecule has 73 valence electrons. The lowest BCUT2D eigenvalue weighted by molar-refractivity contribution is -0.134. The van der Waals surface area contributed by atoms with Crippen LogP contribution in [0.15, 0.2) is 4.63 Å². The lowest BCUT2D eigenvalue weighted by Crippen LogP contribution is -2.06. The third-order valence-electron chi connectivity index (χ3n) is 1.45. The van der Waals surface area contributed by atoms with Gasteiger partial charge in [0.2, 0.25) is 0 Å². The zero-order chi connectivity index (χ0) is 9.90. The summed E-state index contributed by atoms with van der Waals surface area (Å²) in [7, 11) is 0. The largest absolute Gasteiger partial charge is 0.389 e. The molecule has 1 rings (SSSR count). The fraction of sp³-hybridized carbons (Fsp3) is 0.571. The molecule has 0 N–H and O–H groups in total. The third kappa shape index (κ3) is 3.43. The van der Waals surface area contributed by atoms with Gasteiger partial charge in [-0.15, -0.1) is 0 Å². The summed E-state index contributed by atoms with van der Waals surface area (Å²) in [5.74, 6) is 0. The van der Waals surface area contributed by atoms with Gasteiger partial charge in [0.05, 0.1) is 0 Å². The third-order valence-corrected chi connectivity index (χ3v) is 1.45. The highest BCUT2D eigenvalue weighted by Gasteiger charge is 2.26. The fourth-order valence-corrected chi connectivity index (χ4v) is 0.796. The molecule has 1 aromatic heterocycles. The van der Waals surface area contributed by atoms with E-state index in [4.69, 9.17) is 0 Å². The first kappa shape index (κ1) is 10.0. The normalized spacial score (nSPS) is 12.0. The predicted octanol–water partition coefficient (Wildman–Crippen LogP) is 2.27. The van der Waals surface area contributed by atoms with E-state index in [0.717, 1.165) is 0 Å². The van der Waals surface area contributed by atoms with Crippen molar-refractivity contribution in [2.45, 2.75) is 25.9 Å². The summed E-state index contributed by atoms with van der Waals surface area (Å²) < 4.78 is 39.4. The van der Waals surface area contributed by atoms with Gasteiger partial charge in [-0.05, 0) is 13.3 Å². The van der Waals surface area contributed by atoms with Crippen LogP contribution >= 0.6 is 0 Å². The molecule has 0 unspecified atom stereocenters. The van der Waals surface area contributed by atoms with Gasteiger partial charge in [0.1, 0.15) is 11.4 Å². The average Bonchev–Trinajstić information content (AvgIpc) is 2.34. The second kappa shape index (κ2) is 3.76. The van der Waals surface area contributed by atoms with Gasteiger partial charge in [-0.1, -0.05) is 10.3 Å². The molecule has 0 spiro atoms. The lowest BCUT2D eigenvalue weighted by atomic mass is 10.1. The van der Waals surface area contributed by atoms with Crippen molar-refractivity contribution in [2.24, 2.45) is 0 Å². The first-order valence-corrected chi connectivity index (χ1v) is 3.68. The van der Waals surface area contributed by atoms with Crippen LogP contribution in [-0.4, -0.2) is 16.5 Å². The van der Waals surface area contributed by atoms with E-state index in [1.54, 1.807) is 6.92 Å². The number of aromatic nitrogens is 2. The number of nitrogens with zero attached hydrogens (tertiary/aromatic N) is 2. The Labute approximate surface area is 72.9 Å². The van der Waals surface area contributed by atoms with Crippen molar-refractivity contribution in [3.63, 3.8) is 0 Å². The van der Waals surface area contributed by atoms with E-state index in [1.807, 2.05) is 0 Å². The van der Waals surface area contributed by atoms with Crippen LogP contribution in [0.1, 0.15) is 24.2 Å². The Hall–Kier alpha value is -1.07. The molecule has 0 bridgehead atoms. The Morgan fingerprint density at radius 3 is 2.54 bits per heavy atom. The van der Waals surface area contributed by atoms with Crippen molar-refractivity contribution in [3.8, 4) is 0 Å². The molecule has 0 aromatic carbocycles. The van der Waals surface area contributed by atoms with Crippen molar-refractivity contribution >= 4 is 0 Å². The Kier molecular flexibility index (Phi) is 2.90. The molecule has 0 aliphatic heterocycles. The summed E-state index contributed by atoms with van der Waals surface area (Å²) in [6, 6.07) is 0. The molecular formula is C7H8F3N2O. The molecule has 0 fully saturated rings. The van der Waals surface area contributed by atoms with Crippen LogP contribution in [0, 0.1) is 13.3 Å². The topological polar surface area (TPSA) is 38.9 Å². The number of alkyl halides is 3. The molecular weight excluding hydrogens is 185 g/mol. The molecule has 6 heteroatoms. The fourth-order valence-electron chi connectivity index (χ4n) is 0.796. The van der Waals surface area contributed by atoms with Gasteiger partial charge in [0.15, 0.2) is 0 Å². The predicted molar refractivity (Wildman–Crippen MR) is 37.7 cm³/mol. The van der Waals surface area contributed by atoms with Gasteiger partial charge in [-0.3, -0.25) is 0 Å². The summed E-state index contributed by atoms with van der Waals surface area (Å²) in [6.07, 6.45) is -3.71. The Balaban J connectivity index is 2.32. The maximum atomic E-state index is 11.7. The summed E-state index contributed by atoms with van der Waals surface area (Å²) in [6.45, 7) is 1.62. The van der Waals surface area contributed by atoms with E-state index in [2.05, 4.69) is 14.9 Å². The van der Waals surface area contributed by atoms with Crippen LogP contribution in [0.3, 0.4) is 0 Å². The van der Waals surface area contributed by atoms with Gasteiger partial charge >= 0.3 is 6.18 Å². The molecule has 0 atom stereocenters. The smallest absolute Gasteiger partial charge is 0.244 e. The molecule has 0 aliphatic carbocycles. The summed E-state index contributed by atoms with van der Waals surface area (Å²) in [4.78, 5) is 0. The van der Waals surface area contributed by atoms with E-state index in [9.17, 15) is 13.2 Å². The van der Waals surface area contributed by atoms with Crippen LogP contribution in [0.25, 0.3) is 0 Å². The molecule has 1 heterocycles. The van der Waals surface area contributed by atoms with Crippen molar-refractivity contribution in [1.29, 1.82) is 0 Å². The SMILES string of the molecule is Cc1nonc1[CH]CCC(F)(F)F. The Morgan fingerprint density at radius 2 is 2.08 bits per heavy atom. The van der Waals surface area contributed by atoms with Gasteiger partial charge in [0.25, 0.3) is 0 Å². The van der Waals surface area contributed by atoms with E-state index in [1.165, 1.54) is 6.42 Å². The van der Waals surface area contributed by atoms with Crippen LogP contribution < -0.4 is 0 Å². The van der Waals surface area contributed by atoms with Crippen LogP contribution in [-0.2, 0) is 0 Å². The second-order valence-corrected chi connectivity index (χ2v) is 2.59. The molecule has 3 nitrogen and oxygen atoms in total. The van der Waals surface area contributed by atoms with Crippen LogP contribution in [0.5, 0.6) is 0 Å². The number of rotatable bonds is 3. The monoisotopic (exact) mass is 193 g/mol. The molecule has 0 saturated heterocycles. The zero-order valence-corrected chi connectivity index (χ0v) is 6.93. The number of hydrogen-bond acceptors (Lipinski definition) is 3. The van der Waals surface area contributed by atoms with E-state index >= 15 is 0 Å². The average molecular weight is 193 g/mol. The molecule has 1 radical (unpaired) electrons. The zero-order valence-electron chi connectivity index (χ0n) is 6.93. The Morgan fingerprint density at radius 1 is 1.38 bits per heavy atom. The van der Waals surface area contributed by atoms with Gasteiger partial charge < -0.3 is 0 Å². The van der Waals surface area contributed by atoms with Crippen molar-refractivity contribution in [3.05, 3.63) is 17.8 Å². The minimum Gasteiger partial charge on any atom is -0.244 e. The molecule has 1 aromatic rings. The minimum atomic E-state index is -4.12. The maximum Gasteiger partial charge on any atom is 0.389 e. The first-order chi connectivity index (χ1) is 5.99.